The van der Waals surface area contributed by atoms with E-state index in [0.717, 1.165) is 13.2 Å². The van der Waals surface area contributed by atoms with Crippen LogP contribution >= 0.6 is 0 Å². The van der Waals surface area contributed by atoms with Gasteiger partial charge in [0.15, 0.2) is 0 Å². The third-order valence-corrected chi connectivity index (χ3v) is 4.99. The van der Waals surface area contributed by atoms with E-state index >= 15 is 0 Å². The van der Waals surface area contributed by atoms with Crippen molar-refractivity contribution >= 4 is 0 Å². The Morgan fingerprint density at radius 3 is 2.58 bits per heavy atom. The Bertz CT molecular complexity index is 263. The largest absolute Gasteiger partial charge is 0.381 e. The molecular formula is C16H32N2O. The van der Waals surface area contributed by atoms with Gasteiger partial charge in [0.05, 0.1) is 0 Å². The van der Waals surface area contributed by atoms with Crippen molar-refractivity contribution in [1.82, 2.24) is 10.2 Å². The quantitative estimate of drug-likeness (QED) is 0.851. The maximum Gasteiger partial charge on any atom is 0.0471 e. The van der Waals surface area contributed by atoms with Gasteiger partial charge in [-0.1, -0.05) is 13.8 Å². The van der Waals surface area contributed by atoms with Gasteiger partial charge >= 0.3 is 0 Å². The lowest BCUT2D eigenvalue weighted by Gasteiger charge is -2.40. The molecule has 2 unspecified atom stereocenters. The van der Waals surface area contributed by atoms with Crippen molar-refractivity contribution in [2.24, 2.45) is 5.41 Å². The van der Waals surface area contributed by atoms with E-state index in [-0.39, 0.29) is 0 Å². The molecule has 0 spiro atoms. The molecule has 3 nitrogen and oxygen atoms in total. The summed E-state index contributed by atoms with van der Waals surface area (Å²) < 4.78 is 5.52. The number of ether oxygens (including phenoxy) is 1. The second-order valence-electron chi connectivity index (χ2n) is 6.95. The van der Waals surface area contributed by atoms with E-state index in [1.165, 1.54) is 51.7 Å². The van der Waals surface area contributed by atoms with Gasteiger partial charge in [0.1, 0.15) is 0 Å². The third kappa shape index (κ3) is 4.73. The summed E-state index contributed by atoms with van der Waals surface area (Å²) in [6.07, 6.45) is 6.29. The van der Waals surface area contributed by atoms with E-state index < -0.39 is 0 Å². The van der Waals surface area contributed by atoms with Gasteiger partial charge in [-0.2, -0.15) is 0 Å². The predicted molar refractivity (Wildman–Crippen MR) is 80.5 cm³/mol. The maximum atomic E-state index is 5.52. The number of nitrogens with zero attached hydrogens (tertiary/aromatic N) is 1. The van der Waals surface area contributed by atoms with Crippen molar-refractivity contribution in [2.75, 3.05) is 32.8 Å². The Kier molecular flexibility index (Phi) is 5.67. The fraction of sp³-hybridized carbons (Fsp3) is 1.00. The molecule has 2 fully saturated rings. The highest BCUT2D eigenvalue weighted by molar-refractivity contribution is 4.84. The highest BCUT2D eigenvalue weighted by atomic mass is 16.5. The first-order chi connectivity index (χ1) is 9.11. The fourth-order valence-electron chi connectivity index (χ4n) is 3.44. The summed E-state index contributed by atoms with van der Waals surface area (Å²) in [5, 5.41) is 3.76. The zero-order valence-electron chi connectivity index (χ0n) is 13.1. The molecule has 0 aliphatic carbocycles. The molecule has 2 aliphatic heterocycles. The Labute approximate surface area is 119 Å². The molecule has 19 heavy (non-hydrogen) atoms. The van der Waals surface area contributed by atoms with Crippen LogP contribution in [0.3, 0.4) is 0 Å². The van der Waals surface area contributed by atoms with E-state index in [9.17, 15) is 0 Å². The third-order valence-electron chi connectivity index (χ3n) is 4.99. The van der Waals surface area contributed by atoms with Crippen LogP contribution in [0.5, 0.6) is 0 Å². The number of hydrogen-bond donors (Lipinski definition) is 1. The number of hydrogen-bond acceptors (Lipinski definition) is 3. The van der Waals surface area contributed by atoms with Crippen LogP contribution in [0.4, 0.5) is 0 Å². The molecule has 2 aliphatic rings. The van der Waals surface area contributed by atoms with Crippen LogP contribution in [0.2, 0.25) is 0 Å². The standard InChI is InChI=1S/C16H32N2O/c1-4-15-6-10-18(9-5-14(2)17-15)13-16(3)7-11-19-12-8-16/h14-15,17H,4-13H2,1-3H3. The molecule has 0 bridgehead atoms. The van der Waals surface area contributed by atoms with E-state index in [2.05, 4.69) is 31.0 Å². The molecule has 1 N–H and O–H groups in total. The van der Waals surface area contributed by atoms with Crippen LogP contribution in [0, 0.1) is 5.41 Å². The van der Waals surface area contributed by atoms with Crippen molar-refractivity contribution in [3.8, 4) is 0 Å². The summed E-state index contributed by atoms with van der Waals surface area (Å²) in [6, 6.07) is 1.37. The topological polar surface area (TPSA) is 24.5 Å². The molecule has 2 saturated heterocycles. The first kappa shape index (κ1) is 15.3. The molecule has 0 saturated carbocycles. The molecule has 3 heteroatoms. The smallest absolute Gasteiger partial charge is 0.0471 e. The normalized spacial score (nSPS) is 33.6. The van der Waals surface area contributed by atoms with Gasteiger partial charge in [0, 0.05) is 31.8 Å². The molecule has 0 amide bonds. The summed E-state index contributed by atoms with van der Waals surface area (Å²) >= 11 is 0. The second-order valence-corrected chi connectivity index (χ2v) is 6.95. The SMILES string of the molecule is CCC1CCN(CC2(C)CCOCC2)CCC(C)N1. The summed E-state index contributed by atoms with van der Waals surface area (Å²) in [5.74, 6) is 0. The molecule has 2 rings (SSSR count). The van der Waals surface area contributed by atoms with Gasteiger partial charge in [-0.25, -0.2) is 0 Å². The average molecular weight is 268 g/mol. The molecular weight excluding hydrogens is 236 g/mol. The van der Waals surface area contributed by atoms with Gasteiger partial charge < -0.3 is 15.0 Å². The Morgan fingerprint density at radius 1 is 1.21 bits per heavy atom. The van der Waals surface area contributed by atoms with Gasteiger partial charge in [0.2, 0.25) is 0 Å². The van der Waals surface area contributed by atoms with Crippen LogP contribution in [0.1, 0.15) is 52.9 Å². The Hall–Kier alpha value is -0.120. The first-order valence-electron chi connectivity index (χ1n) is 8.17. The summed E-state index contributed by atoms with van der Waals surface area (Å²) in [5.41, 5.74) is 0.482. The molecule has 2 atom stereocenters. The van der Waals surface area contributed by atoms with Crippen LogP contribution < -0.4 is 5.32 Å². The summed E-state index contributed by atoms with van der Waals surface area (Å²) in [4.78, 5) is 2.71. The lowest BCUT2D eigenvalue weighted by molar-refractivity contribution is 0.00284. The summed E-state index contributed by atoms with van der Waals surface area (Å²) in [6.45, 7) is 12.8. The van der Waals surface area contributed by atoms with Crippen molar-refractivity contribution in [1.29, 1.82) is 0 Å². The van der Waals surface area contributed by atoms with Crippen LogP contribution in [-0.2, 0) is 4.74 Å². The van der Waals surface area contributed by atoms with E-state index in [1.807, 2.05) is 0 Å². The van der Waals surface area contributed by atoms with Gasteiger partial charge in [-0.15, -0.1) is 0 Å². The zero-order chi connectivity index (χ0) is 13.7. The van der Waals surface area contributed by atoms with Crippen molar-refractivity contribution in [3.05, 3.63) is 0 Å². The predicted octanol–water partition coefficient (Wildman–Crippen LogP) is 2.66. The highest BCUT2D eigenvalue weighted by Crippen LogP contribution is 2.31. The minimum atomic E-state index is 0.482. The maximum absolute atomic E-state index is 5.52. The van der Waals surface area contributed by atoms with E-state index in [4.69, 9.17) is 4.74 Å². The number of rotatable bonds is 3. The molecule has 2 heterocycles. The lowest BCUT2D eigenvalue weighted by atomic mass is 9.81. The monoisotopic (exact) mass is 268 g/mol. The Morgan fingerprint density at radius 2 is 1.89 bits per heavy atom. The summed E-state index contributed by atoms with van der Waals surface area (Å²) in [7, 11) is 0. The van der Waals surface area contributed by atoms with Gasteiger partial charge in [-0.05, 0) is 57.5 Å². The fourth-order valence-corrected chi connectivity index (χ4v) is 3.44. The van der Waals surface area contributed by atoms with E-state index in [0.29, 0.717) is 17.5 Å². The van der Waals surface area contributed by atoms with Crippen molar-refractivity contribution in [3.63, 3.8) is 0 Å². The molecule has 0 aromatic heterocycles. The van der Waals surface area contributed by atoms with Gasteiger partial charge in [-0.3, -0.25) is 0 Å². The Balaban J connectivity index is 1.87. The average Bonchev–Trinajstić information content (AvgIpc) is 2.38. The van der Waals surface area contributed by atoms with Gasteiger partial charge in [0.25, 0.3) is 0 Å². The van der Waals surface area contributed by atoms with Crippen LogP contribution in [0.15, 0.2) is 0 Å². The molecule has 0 aromatic carbocycles. The first-order valence-corrected chi connectivity index (χ1v) is 8.17. The molecule has 112 valence electrons. The second kappa shape index (κ2) is 7.05. The minimum Gasteiger partial charge on any atom is -0.381 e. The highest BCUT2D eigenvalue weighted by Gasteiger charge is 2.30. The zero-order valence-corrected chi connectivity index (χ0v) is 13.1. The van der Waals surface area contributed by atoms with Crippen LogP contribution in [-0.4, -0.2) is 49.8 Å². The van der Waals surface area contributed by atoms with E-state index in [1.54, 1.807) is 0 Å². The molecule has 0 aromatic rings. The molecule has 0 radical (unpaired) electrons. The van der Waals surface area contributed by atoms with Crippen LogP contribution in [0.25, 0.3) is 0 Å². The lowest BCUT2D eigenvalue weighted by Crippen LogP contribution is -2.47. The van der Waals surface area contributed by atoms with Crippen molar-refractivity contribution < 1.29 is 4.74 Å². The van der Waals surface area contributed by atoms with Crippen molar-refractivity contribution in [2.45, 2.75) is 65.0 Å². The minimum absolute atomic E-state index is 0.482. The number of nitrogens with one attached hydrogen (secondary N) is 1.